The lowest BCUT2D eigenvalue weighted by Crippen LogP contribution is -2.49. The van der Waals surface area contributed by atoms with Crippen LogP contribution in [0.1, 0.15) is 39.5 Å². The van der Waals surface area contributed by atoms with Gasteiger partial charge >= 0.3 is 12.0 Å². The maximum atomic E-state index is 12.1. The van der Waals surface area contributed by atoms with Gasteiger partial charge in [-0.05, 0) is 18.8 Å². The smallest absolute Gasteiger partial charge is 0.326 e. The van der Waals surface area contributed by atoms with E-state index in [0.717, 1.165) is 19.3 Å². The molecule has 1 saturated heterocycles. The normalized spacial score (nSPS) is 19.8. The van der Waals surface area contributed by atoms with E-state index in [1.165, 1.54) is 4.90 Å². The Morgan fingerprint density at radius 1 is 1.35 bits per heavy atom. The van der Waals surface area contributed by atoms with Crippen LogP contribution in [0.25, 0.3) is 0 Å². The summed E-state index contributed by atoms with van der Waals surface area (Å²) in [5.41, 5.74) is 0. The zero-order chi connectivity index (χ0) is 15.0. The van der Waals surface area contributed by atoms with E-state index in [1.54, 1.807) is 0 Å². The largest absolute Gasteiger partial charge is 0.480 e. The predicted octanol–water partition coefficient (Wildman–Crippen LogP) is 1.70. The van der Waals surface area contributed by atoms with Crippen molar-refractivity contribution in [3.05, 3.63) is 0 Å². The van der Waals surface area contributed by atoms with Crippen LogP contribution < -0.4 is 5.32 Å². The second-order valence-corrected chi connectivity index (χ2v) is 5.60. The van der Waals surface area contributed by atoms with Crippen molar-refractivity contribution in [3.63, 3.8) is 0 Å². The van der Waals surface area contributed by atoms with Crippen LogP contribution in [0.5, 0.6) is 0 Å². The van der Waals surface area contributed by atoms with Gasteiger partial charge in [-0.15, -0.1) is 0 Å². The Balaban J connectivity index is 2.37. The Morgan fingerprint density at radius 3 is 2.75 bits per heavy atom. The van der Waals surface area contributed by atoms with Crippen LogP contribution in [0.15, 0.2) is 0 Å². The minimum atomic E-state index is -0.918. The molecule has 0 aromatic carbocycles. The lowest BCUT2D eigenvalue weighted by Gasteiger charge is -2.27. The van der Waals surface area contributed by atoms with Crippen LogP contribution in [0, 0.1) is 5.92 Å². The third-order valence-corrected chi connectivity index (χ3v) is 3.27. The lowest BCUT2D eigenvalue weighted by molar-refractivity contribution is -0.142. The number of carbonyl (C=O) groups excluding carboxylic acids is 1. The van der Waals surface area contributed by atoms with Gasteiger partial charge in [0, 0.05) is 19.7 Å². The number of carbonyl (C=O) groups is 2. The average Bonchev–Trinajstić information content (AvgIpc) is 2.63. The van der Waals surface area contributed by atoms with E-state index in [-0.39, 0.29) is 6.03 Å². The van der Waals surface area contributed by atoms with E-state index in [0.29, 0.717) is 38.6 Å². The van der Waals surface area contributed by atoms with Gasteiger partial charge in [0.25, 0.3) is 0 Å². The summed E-state index contributed by atoms with van der Waals surface area (Å²) in [7, 11) is 0. The maximum Gasteiger partial charge on any atom is 0.326 e. The first kappa shape index (κ1) is 16.8. The molecule has 116 valence electrons. The molecule has 0 aliphatic carbocycles. The second-order valence-electron chi connectivity index (χ2n) is 5.60. The van der Waals surface area contributed by atoms with Gasteiger partial charge in [-0.2, -0.15) is 0 Å². The van der Waals surface area contributed by atoms with Gasteiger partial charge in [-0.1, -0.05) is 26.7 Å². The van der Waals surface area contributed by atoms with Crippen LogP contribution >= 0.6 is 0 Å². The van der Waals surface area contributed by atoms with Crippen molar-refractivity contribution in [2.75, 3.05) is 26.3 Å². The Labute approximate surface area is 120 Å². The van der Waals surface area contributed by atoms with Crippen molar-refractivity contribution >= 4 is 12.0 Å². The molecule has 1 unspecified atom stereocenters. The van der Waals surface area contributed by atoms with Gasteiger partial charge in [0.1, 0.15) is 6.04 Å². The van der Waals surface area contributed by atoms with E-state index >= 15 is 0 Å². The summed E-state index contributed by atoms with van der Waals surface area (Å²) in [5.74, 6) is -0.453. The van der Waals surface area contributed by atoms with E-state index in [4.69, 9.17) is 4.74 Å². The summed E-state index contributed by atoms with van der Waals surface area (Å²) < 4.78 is 5.38. The minimum absolute atomic E-state index is 0.299. The van der Waals surface area contributed by atoms with Crippen molar-refractivity contribution < 1.29 is 19.4 Å². The number of rotatable bonds is 6. The minimum Gasteiger partial charge on any atom is -0.480 e. The summed E-state index contributed by atoms with van der Waals surface area (Å²) in [4.78, 5) is 24.7. The molecule has 1 atom stereocenters. The molecule has 0 aromatic rings. The molecule has 0 spiro atoms. The summed E-state index contributed by atoms with van der Waals surface area (Å²) in [5, 5.41) is 11.9. The molecule has 0 aromatic heterocycles. The molecule has 1 heterocycles. The van der Waals surface area contributed by atoms with E-state index in [9.17, 15) is 14.7 Å². The quantitative estimate of drug-likeness (QED) is 0.728. The molecule has 0 bridgehead atoms. The maximum absolute atomic E-state index is 12.1. The molecule has 6 heteroatoms. The average molecular weight is 286 g/mol. The first-order chi connectivity index (χ1) is 9.52. The van der Waals surface area contributed by atoms with Crippen LogP contribution in [-0.2, 0) is 9.53 Å². The van der Waals surface area contributed by atoms with Gasteiger partial charge in [0.05, 0.1) is 6.61 Å². The number of likely N-dealkylation sites (tertiary alicyclic amines) is 1. The zero-order valence-corrected chi connectivity index (χ0v) is 12.4. The third-order valence-electron chi connectivity index (χ3n) is 3.27. The van der Waals surface area contributed by atoms with Crippen molar-refractivity contribution in [1.29, 1.82) is 0 Å². The van der Waals surface area contributed by atoms with Crippen LogP contribution in [-0.4, -0.2) is 54.4 Å². The number of carboxylic acids is 1. The zero-order valence-electron chi connectivity index (χ0n) is 12.4. The highest BCUT2D eigenvalue weighted by Gasteiger charge is 2.30. The number of hydrogen-bond acceptors (Lipinski definition) is 3. The molecule has 1 aliphatic heterocycles. The number of amides is 2. The van der Waals surface area contributed by atoms with Gasteiger partial charge in [-0.3, -0.25) is 0 Å². The fourth-order valence-electron chi connectivity index (χ4n) is 2.26. The van der Waals surface area contributed by atoms with Crippen LogP contribution in [0.3, 0.4) is 0 Å². The molecule has 0 radical (unpaired) electrons. The van der Waals surface area contributed by atoms with Crippen molar-refractivity contribution in [1.82, 2.24) is 10.2 Å². The highest BCUT2D eigenvalue weighted by atomic mass is 16.5. The predicted molar refractivity (Wildman–Crippen MR) is 75.7 cm³/mol. The summed E-state index contributed by atoms with van der Waals surface area (Å²) >= 11 is 0. The van der Waals surface area contributed by atoms with E-state index in [1.807, 2.05) is 0 Å². The lowest BCUT2D eigenvalue weighted by atomic mass is 10.1. The Kier molecular flexibility index (Phi) is 7.36. The number of urea groups is 1. The molecule has 20 heavy (non-hydrogen) atoms. The number of aliphatic carboxylic acids is 1. The highest BCUT2D eigenvalue weighted by molar-refractivity contribution is 5.82. The molecule has 2 amide bonds. The molecule has 1 rings (SSSR count). The molecule has 0 saturated carbocycles. The Morgan fingerprint density at radius 2 is 2.10 bits per heavy atom. The monoisotopic (exact) mass is 286 g/mol. The fraction of sp³-hybridized carbons (Fsp3) is 0.857. The number of hydrogen-bond donors (Lipinski definition) is 2. The van der Waals surface area contributed by atoms with E-state index < -0.39 is 12.0 Å². The number of nitrogens with one attached hydrogen (secondary N) is 1. The highest BCUT2D eigenvalue weighted by Crippen LogP contribution is 2.17. The van der Waals surface area contributed by atoms with Gasteiger partial charge < -0.3 is 20.1 Å². The Hall–Kier alpha value is -1.30. The van der Waals surface area contributed by atoms with Gasteiger partial charge in [-0.25, -0.2) is 9.59 Å². The number of carboxylic acid groups (broad SMARTS) is 1. The van der Waals surface area contributed by atoms with Crippen molar-refractivity contribution in [2.24, 2.45) is 5.92 Å². The van der Waals surface area contributed by atoms with E-state index in [2.05, 4.69) is 19.2 Å². The van der Waals surface area contributed by atoms with Gasteiger partial charge in [0.2, 0.25) is 0 Å². The topological polar surface area (TPSA) is 78.9 Å². The van der Waals surface area contributed by atoms with Gasteiger partial charge in [0.15, 0.2) is 0 Å². The summed E-state index contributed by atoms with van der Waals surface area (Å²) in [6, 6.07) is -0.999. The molecule has 2 N–H and O–H groups in total. The summed E-state index contributed by atoms with van der Waals surface area (Å²) in [6.45, 7) is 6.16. The molecular formula is C14H26N2O4. The molecule has 6 nitrogen and oxygen atoms in total. The number of nitrogens with zero attached hydrogens (tertiary/aromatic N) is 1. The van der Waals surface area contributed by atoms with Crippen LogP contribution in [0.2, 0.25) is 0 Å². The SMILES string of the molecule is CC(C)COCCNC(=O)N1CCCCCC1C(=O)O. The van der Waals surface area contributed by atoms with Crippen molar-refractivity contribution in [2.45, 2.75) is 45.6 Å². The first-order valence-corrected chi connectivity index (χ1v) is 7.37. The molecule has 1 aliphatic rings. The summed E-state index contributed by atoms with van der Waals surface area (Å²) in [6.07, 6.45) is 3.23. The van der Waals surface area contributed by atoms with Crippen molar-refractivity contribution in [3.8, 4) is 0 Å². The molecule has 1 fully saturated rings. The second kappa shape index (κ2) is 8.79. The number of ether oxygens (including phenoxy) is 1. The first-order valence-electron chi connectivity index (χ1n) is 7.37. The third kappa shape index (κ3) is 5.77. The standard InChI is InChI=1S/C14H26N2O4/c1-11(2)10-20-9-7-15-14(19)16-8-5-3-4-6-12(16)13(17)18/h11-12H,3-10H2,1-2H3,(H,15,19)(H,17,18). The fourth-order valence-corrected chi connectivity index (χ4v) is 2.26. The Bertz CT molecular complexity index is 320. The van der Waals surface area contributed by atoms with Crippen LogP contribution in [0.4, 0.5) is 4.79 Å². The molecular weight excluding hydrogens is 260 g/mol.